The SMILES string of the molecule is CCN(CC)C(=O)C(C)NS(=O)(=O)c1ccc(C#N)nc1. The van der Waals surface area contributed by atoms with Gasteiger partial charge >= 0.3 is 0 Å². The van der Waals surface area contributed by atoms with Gasteiger partial charge in [0.1, 0.15) is 16.7 Å². The van der Waals surface area contributed by atoms with Crippen molar-refractivity contribution in [2.24, 2.45) is 0 Å². The molecule has 0 saturated carbocycles. The predicted octanol–water partition coefficient (Wildman–Crippen LogP) is 0.488. The van der Waals surface area contributed by atoms with Crippen LogP contribution < -0.4 is 4.72 Å². The summed E-state index contributed by atoms with van der Waals surface area (Å²) in [5, 5.41) is 8.64. The number of pyridine rings is 1. The molecule has 0 aliphatic carbocycles. The van der Waals surface area contributed by atoms with Crippen molar-refractivity contribution in [3.63, 3.8) is 0 Å². The second kappa shape index (κ2) is 7.15. The van der Waals surface area contributed by atoms with Gasteiger partial charge in [-0.2, -0.15) is 9.98 Å². The third kappa shape index (κ3) is 4.24. The van der Waals surface area contributed by atoms with Crippen LogP contribution >= 0.6 is 0 Å². The maximum atomic E-state index is 12.1. The number of nitrogens with zero attached hydrogens (tertiary/aromatic N) is 3. The second-order valence-corrected chi connectivity index (χ2v) is 6.06. The summed E-state index contributed by atoms with van der Waals surface area (Å²) in [7, 11) is -3.85. The predicted molar refractivity (Wildman–Crippen MR) is 76.7 cm³/mol. The molecule has 1 atom stereocenters. The summed E-state index contributed by atoms with van der Waals surface area (Å²) in [6, 6.07) is 3.53. The molecule has 1 aromatic heterocycles. The summed E-state index contributed by atoms with van der Waals surface area (Å²) in [4.78, 5) is 17.2. The number of hydrogen-bond acceptors (Lipinski definition) is 5. The minimum atomic E-state index is -3.85. The van der Waals surface area contributed by atoms with Crippen molar-refractivity contribution < 1.29 is 13.2 Å². The van der Waals surface area contributed by atoms with E-state index in [0.29, 0.717) is 13.1 Å². The Morgan fingerprint density at radius 3 is 2.48 bits per heavy atom. The zero-order chi connectivity index (χ0) is 16.0. The number of sulfonamides is 1. The van der Waals surface area contributed by atoms with Crippen LogP contribution in [0.1, 0.15) is 26.5 Å². The Kier molecular flexibility index (Phi) is 5.81. The van der Waals surface area contributed by atoms with Gasteiger partial charge in [-0.25, -0.2) is 13.4 Å². The van der Waals surface area contributed by atoms with Crippen LogP contribution in [0.5, 0.6) is 0 Å². The molecular weight excluding hydrogens is 292 g/mol. The molecule has 0 aliphatic heterocycles. The minimum absolute atomic E-state index is 0.0827. The average molecular weight is 310 g/mol. The largest absolute Gasteiger partial charge is 0.342 e. The van der Waals surface area contributed by atoms with Gasteiger partial charge in [0.25, 0.3) is 0 Å². The lowest BCUT2D eigenvalue weighted by atomic mass is 10.3. The van der Waals surface area contributed by atoms with Gasteiger partial charge < -0.3 is 4.90 Å². The first-order valence-corrected chi connectivity index (χ1v) is 8.01. The Hall–Kier alpha value is -1.98. The van der Waals surface area contributed by atoms with Crippen molar-refractivity contribution in [3.05, 3.63) is 24.0 Å². The van der Waals surface area contributed by atoms with Gasteiger partial charge in [-0.15, -0.1) is 0 Å². The fourth-order valence-corrected chi connectivity index (χ4v) is 2.91. The number of hydrogen-bond donors (Lipinski definition) is 1. The summed E-state index contributed by atoms with van der Waals surface area (Å²) in [5.41, 5.74) is 0.126. The minimum Gasteiger partial charge on any atom is -0.342 e. The van der Waals surface area contributed by atoms with E-state index in [9.17, 15) is 13.2 Å². The zero-order valence-corrected chi connectivity index (χ0v) is 13.0. The van der Waals surface area contributed by atoms with Crippen molar-refractivity contribution >= 4 is 15.9 Å². The van der Waals surface area contributed by atoms with Crippen LogP contribution in [-0.4, -0.2) is 43.3 Å². The molecule has 0 saturated heterocycles. The molecule has 0 spiro atoms. The number of nitrogens with one attached hydrogen (secondary N) is 1. The maximum absolute atomic E-state index is 12.1. The summed E-state index contributed by atoms with van der Waals surface area (Å²) >= 11 is 0. The number of nitriles is 1. The van der Waals surface area contributed by atoms with E-state index in [4.69, 9.17) is 5.26 Å². The third-order valence-electron chi connectivity index (χ3n) is 2.94. The van der Waals surface area contributed by atoms with Gasteiger partial charge in [0.15, 0.2) is 0 Å². The van der Waals surface area contributed by atoms with E-state index in [2.05, 4.69) is 9.71 Å². The number of amides is 1. The van der Waals surface area contributed by atoms with Gasteiger partial charge in [-0.3, -0.25) is 4.79 Å². The zero-order valence-electron chi connectivity index (χ0n) is 12.2. The summed E-state index contributed by atoms with van der Waals surface area (Å²) in [6.07, 6.45) is 1.09. The molecule has 21 heavy (non-hydrogen) atoms. The molecule has 1 rings (SSSR count). The topological polar surface area (TPSA) is 103 Å². The summed E-state index contributed by atoms with van der Waals surface area (Å²) in [6.45, 7) is 6.18. The van der Waals surface area contributed by atoms with Crippen LogP contribution in [0.15, 0.2) is 23.2 Å². The number of carbonyl (C=O) groups excluding carboxylic acids is 1. The second-order valence-electron chi connectivity index (χ2n) is 4.34. The highest BCUT2D eigenvalue weighted by Crippen LogP contribution is 2.09. The molecule has 0 fully saturated rings. The molecule has 114 valence electrons. The quantitative estimate of drug-likeness (QED) is 0.823. The Labute approximate surface area is 124 Å². The molecule has 7 nitrogen and oxygen atoms in total. The average Bonchev–Trinajstić information content (AvgIpc) is 2.48. The van der Waals surface area contributed by atoms with Gasteiger partial charge in [-0.05, 0) is 32.9 Å². The lowest BCUT2D eigenvalue weighted by Gasteiger charge is -2.23. The van der Waals surface area contributed by atoms with Gasteiger partial charge in [-0.1, -0.05) is 0 Å². The molecule has 1 N–H and O–H groups in total. The molecule has 1 amide bonds. The Balaban J connectivity index is 2.89. The van der Waals surface area contributed by atoms with E-state index in [0.717, 1.165) is 6.20 Å². The standard InChI is InChI=1S/C13H18N4O3S/c1-4-17(5-2)13(18)10(3)16-21(19,20)12-7-6-11(8-14)15-9-12/h6-7,9-10,16H,4-5H2,1-3H3. The highest BCUT2D eigenvalue weighted by molar-refractivity contribution is 7.89. The van der Waals surface area contributed by atoms with Crippen LogP contribution in [0.4, 0.5) is 0 Å². The molecule has 8 heteroatoms. The molecule has 1 heterocycles. The van der Waals surface area contributed by atoms with Crippen molar-refractivity contribution in [1.82, 2.24) is 14.6 Å². The van der Waals surface area contributed by atoms with E-state index in [1.165, 1.54) is 19.1 Å². The number of carbonyl (C=O) groups is 1. The van der Waals surface area contributed by atoms with Crippen molar-refractivity contribution in [3.8, 4) is 6.07 Å². The fourth-order valence-electron chi connectivity index (χ4n) is 1.77. The molecular formula is C13H18N4O3S. The van der Waals surface area contributed by atoms with E-state index in [1.54, 1.807) is 4.90 Å². The maximum Gasteiger partial charge on any atom is 0.242 e. The van der Waals surface area contributed by atoms with Crippen molar-refractivity contribution in [2.45, 2.75) is 31.7 Å². The Bertz CT molecular complexity index is 630. The highest BCUT2D eigenvalue weighted by Gasteiger charge is 2.24. The Morgan fingerprint density at radius 2 is 2.05 bits per heavy atom. The smallest absolute Gasteiger partial charge is 0.242 e. The third-order valence-corrected chi connectivity index (χ3v) is 4.46. The van der Waals surface area contributed by atoms with Crippen LogP contribution in [0.25, 0.3) is 0 Å². The first-order chi connectivity index (χ1) is 9.85. The molecule has 1 aromatic rings. The van der Waals surface area contributed by atoms with Crippen molar-refractivity contribution in [1.29, 1.82) is 5.26 Å². The molecule has 0 aromatic carbocycles. The molecule has 0 aliphatic rings. The normalized spacial score (nSPS) is 12.5. The number of aromatic nitrogens is 1. The monoisotopic (exact) mass is 310 g/mol. The van der Waals surface area contributed by atoms with Crippen molar-refractivity contribution in [2.75, 3.05) is 13.1 Å². The number of likely N-dealkylation sites (N-methyl/N-ethyl adjacent to an activating group) is 1. The first-order valence-electron chi connectivity index (χ1n) is 6.53. The Morgan fingerprint density at radius 1 is 1.43 bits per heavy atom. The van der Waals surface area contributed by atoms with Crippen LogP contribution in [0.3, 0.4) is 0 Å². The van der Waals surface area contributed by atoms with Crippen LogP contribution in [0.2, 0.25) is 0 Å². The van der Waals surface area contributed by atoms with Gasteiger partial charge in [0.2, 0.25) is 15.9 Å². The molecule has 0 bridgehead atoms. The van der Waals surface area contributed by atoms with Crippen LogP contribution in [0, 0.1) is 11.3 Å². The highest BCUT2D eigenvalue weighted by atomic mass is 32.2. The fraction of sp³-hybridized carbons (Fsp3) is 0.462. The van der Waals surface area contributed by atoms with E-state index >= 15 is 0 Å². The molecule has 0 radical (unpaired) electrons. The first kappa shape index (κ1) is 17.1. The van der Waals surface area contributed by atoms with E-state index in [-0.39, 0.29) is 16.5 Å². The summed E-state index contributed by atoms with van der Waals surface area (Å²) in [5.74, 6) is -0.287. The van der Waals surface area contributed by atoms with E-state index in [1.807, 2.05) is 19.9 Å². The number of rotatable bonds is 6. The van der Waals surface area contributed by atoms with E-state index < -0.39 is 16.1 Å². The van der Waals surface area contributed by atoms with Gasteiger partial charge in [0, 0.05) is 19.3 Å². The summed E-state index contributed by atoms with van der Waals surface area (Å²) < 4.78 is 26.6. The molecule has 1 unspecified atom stereocenters. The van der Waals surface area contributed by atoms with Gasteiger partial charge in [0.05, 0.1) is 6.04 Å². The van der Waals surface area contributed by atoms with Crippen LogP contribution in [-0.2, 0) is 14.8 Å². The lowest BCUT2D eigenvalue weighted by Crippen LogP contribution is -2.46. The lowest BCUT2D eigenvalue weighted by molar-refractivity contribution is -0.132.